The average Bonchev–Trinajstić information content (AvgIpc) is 2.56. The van der Waals surface area contributed by atoms with E-state index >= 15 is 0 Å². The monoisotopic (exact) mass is 291 g/mol. The highest BCUT2D eigenvalue weighted by Gasteiger charge is 2.18. The lowest BCUT2D eigenvalue weighted by molar-refractivity contribution is 0.326. The molecule has 0 saturated carbocycles. The van der Waals surface area contributed by atoms with Crippen LogP contribution in [-0.4, -0.2) is 29.0 Å². The van der Waals surface area contributed by atoms with Gasteiger partial charge >= 0.3 is 0 Å². The van der Waals surface area contributed by atoms with Gasteiger partial charge in [0, 0.05) is 31.9 Å². The standard InChI is InChI=1S/C10H14BrN3.ClH/c11-10-2-1-8(5-13-10)6-14-4-3-9(12)7-14;/h1-2,5,9H,3-4,6-7,12H2;1H/t9-;/m0./s1. The zero-order valence-electron chi connectivity index (χ0n) is 8.40. The van der Waals surface area contributed by atoms with E-state index in [1.165, 1.54) is 5.56 Å². The fourth-order valence-electron chi connectivity index (χ4n) is 1.76. The van der Waals surface area contributed by atoms with Crippen molar-refractivity contribution in [3.05, 3.63) is 28.5 Å². The smallest absolute Gasteiger partial charge is 0.106 e. The lowest BCUT2D eigenvalue weighted by atomic mass is 10.3. The third-order valence-electron chi connectivity index (χ3n) is 2.50. The number of hydrogen-bond donors (Lipinski definition) is 1. The number of nitrogens with zero attached hydrogens (tertiary/aromatic N) is 2. The summed E-state index contributed by atoms with van der Waals surface area (Å²) < 4.78 is 0.888. The Bertz CT molecular complexity index is 304. The second-order valence-electron chi connectivity index (χ2n) is 3.77. The first-order valence-electron chi connectivity index (χ1n) is 4.82. The molecular formula is C10H15BrClN3. The highest BCUT2D eigenvalue weighted by molar-refractivity contribution is 9.10. The van der Waals surface area contributed by atoms with Crippen molar-refractivity contribution in [1.29, 1.82) is 0 Å². The molecular weight excluding hydrogens is 277 g/mol. The fraction of sp³-hybridized carbons (Fsp3) is 0.500. The second-order valence-corrected chi connectivity index (χ2v) is 4.59. The summed E-state index contributed by atoms with van der Waals surface area (Å²) in [6.07, 6.45) is 3.03. The van der Waals surface area contributed by atoms with Crippen LogP contribution in [-0.2, 0) is 6.54 Å². The quantitative estimate of drug-likeness (QED) is 0.845. The van der Waals surface area contributed by atoms with E-state index in [1.54, 1.807) is 0 Å². The van der Waals surface area contributed by atoms with Crippen LogP contribution in [0.2, 0.25) is 0 Å². The first-order valence-corrected chi connectivity index (χ1v) is 5.62. The zero-order valence-corrected chi connectivity index (χ0v) is 10.8. The van der Waals surface area contributed by atoms with Gasteiger partial charge in [-0.15, -0.1) is 12.4 Å². The number of halogens is 2. The van der Waals surface area contributed by atoms with Gasteiger partial charge in [-0.2, -0.15) is 0 Å². The Kier molecular flexibility index (Phi) is 4.99. The maximum Gasteiger partial charge on any atom is 0.106 e. The van der Waals surface area contributed by atoms with E-state index in [2.05, 4.69) is 31.9 Å². The number of likely N-dealkylation sites (tertiary alicyclic amines) is 1. The summed E-state index contributed by atoms with van der Waals surface area (Å²) in [7, 11) is 0. The van der Waals surface area contributed by atoms with Crippen molar-refractivity contribution in [3.8, 4) is 0 Å². The van der Waals surface area contributed by atoms with Gasteiger partial charge in [-0.05, 0) is 34.0 Å². The Morgan fingerprint density at radius 2 is 2.33 bits per heavy atom. The van der Waals surface area contributed by atoms with Crippen molar-refractivity contribution in [3.63, 3.8) is 0 Å². The van der Waals surface area contributed by atoms with E-state index in [-0.39, 0.29) is 12.4 Å². The highest BCUT2D eigenvalue weighted by atomic mass is 79.9. The zero-order chi connectivity index (χ0) is 9.97. The molecule has 0 radical (unpaired) electrons. The molecule has 1 aromatic rings. The molecule has 1 saturated heterocycles. The van der Waals surface area contributed by atoms with E-state index in [4.69, 9.17) is 5.73 Å². The van der Waals surface area contributed by atoms with Crippen LogP contribution in [0, 0.1) is 0 Å². The Morgan fingerprint density at radius 3 is 2.87 bits per heavy atom. The average molecular weight is 293 g/mol. The van der Waals surface area contributed by atoms with Gasteiger partial charge in [0.1, 0.15) is 4.60 Å². The Labute approximate surface area is 105 Å². The van der Waals surface area contributed by atoms with Crippen molar-refractivity contribution in [1.82, 2.24) is 9.88 Å². The van der Waals surface area contributed by atoms with E-state index in [0.29, 0.717) is 6.04 Å². The number of pyridine rings is 1. The second kappa shape index (κ2) is 5.80. The topological polar surface area (TPSA) is 42.1 Å². The van der Waals surface area contributed by atoms with Crippen molar-refractivity contribution in [2.75, 3.05) is 13.1 Å². The Balaban J connectivity index is 0.00000112. The number of aromatic nitrogens is 1. The van der Waals surface area contributed by atoms with Gasteiger partial charge in [-0.1, -0.05) is 6.07 Å². The maximum absolute atomic E-state index is 5.84. The lowest BCUT2D eigenvalue weighted by Crippen LogP contribution is -2.26. The van der Waals surface area contributed by atoms with Gasteiger partial charge in [-0.3, -0.25) is 4.90 Å². The molecule has 1 aromatic heterocycles. The Morgan fingerprint density at radius 1 is 1.53 bits per heavy atom. The predicted molar refractivity (Wildman–Crippen MR) is 67.1 cm³/mol. The molecule has 2 rings (SSSR count). The summed E-state index contributed by atoms with van der Waals surface area (Å²) >= 11 is 3.32. The molecule has 1 aliphatic heterocycles. The summed E-state index contributed by atoms with van der Waals surface area (Å²) in [6, 6.07) is 4.44. The van der Waals surface area contributed by atoms with Crippen LogP contribution in [0.4, 0.5) is 0 Å². The number of rotatable bonds is 2. The van der Waals surface area contributed by atoms with E-state index in [9.17, 15) is 0 Å². The molecule has 0 bridgehead atoms. The first-order chi connectivity index (χ1) is 6.74. The molecule has 1 aliphatic rings. The lowest BCUT2D eigenvalue weighted by Gasteiger charge is -2.14. The summed E-state index contributed by atoms with van der Waals surface area (Å²) in [6.45, 7) is 3.08. The largest absolute Gasteiger partial charge is 0.326 e. The van der Waals surface area contributed by atoms with Crippen molar-refractivity contribution in [2.45, 2.75) is 19.0 Å². The molecule has 0 spiro atoms. The van der Waals surface area contributed by atoms with Crippen LogP contribution in [0.5, 0.6) is 0 Å². The SMILES string of the molecule is Cl.N[C@H]1CCN(Cc2ccc(Br)nc2)C1. The van der Waals surface area contributed by atoms with Crippen LogP contribution in [0.1, 0.15) is 12.0 Å². The van der Waals surface area contributed by atoms with E-state index < -0.39 is 0 Å². The molecule has 2 N–H and O–H groups in total. The van der Waals surface area contributed by atoms with Crippen molar-refractivity contribution >= 4 is 28.3 Å². The minimum absolute atomic E-state index is 0. The molecule has 1 atom stereocenters. The van der Waals surface area contributed by atoms with Gasteiger partial charge in [0.25, 0.3) is 0 Å². The molecule has 0 amide bonds. The van der Waals surface area contributed by atoms with Crippen LogP contribution >= 0.6 is 28.3 Å². The molecule has 1 fully saturated rings. The Hall–Kier alpha value is -0.160. The minimum Gasteiger partial charge on any atom is -0.326 e. The first kappa shape index (κ1) is 12.9. The maximum atomic E-state index is 5.84. The molecule has 84 valence electrons. The molecule has 5 heteroatoms. The number of nitrogens with two attached hydrogens (primary N) is 1. The molecule has 15 heavy (non-hydrogen) atoms. The van der Waals surface area contributed by atoms with Gasteiger partial charge < -0.3 is 5.73 Å². The van der Waals surface area contributed by atoms with E-state index in [0.717, 1.165) is 30.7 Å². The van der Waals surface area contributed by atoms with Crippen LogP contribution in [0.15, 0.2) is 22.9 Å². The third kappa shape index (κ3) is 3.72. The van der Waals surface area contributed by atoms with Gasteiger partial charge in [0.05, 0.1) is 0 Å². The van der Waals surface area contributed by atoms with Crippen LogP contribution in [0.25, 0.3) is 0 Å². The molecule has 2 heterocycles. The van der Waals surface area contributed by atoms with Crippen molar-refractivity contribution in [2.24, 2.45) is 5.73 Å². The van der Waals surface area contributed by atoms with E-state index in [1.807, 2.05) is 12.3 Å². The molecule has 0 aliphatic carbocycles. The predicted octanol–water partition coefficient (Wildman–Crippen LogP) is 1.80. The summed E-state index contributed by atoms with van der Waals surface area (Å²) in [5, 5.41) is 0. The molecule has 3 nitrogen and oxygen atoms in total. The summed E-state index contributed by atoms with van der Waals surface area (Å²) in [5.41, 5.74) is 7.09. The van der Waals surface area contributed by atoms with Crippen LogP contribution < -0.4 is 5.73 Å². The van der Waals surface area contributed by atoms with Gasteiger partial charge in [0.15, 0.2) is 0 Å². The third-order valence-corrected chi connectivity index (χ3v) is 2.97. The highest BCUT2D eigenvalue weighted by Crippen LogP contribution is 2.13. The summed E-state index contributed by atoms with van der Waals surface area (Å²) in [5.74, 6) is 0. The molecule has 0 aromatic carbocycles. The minimum atomic E-state index is 0. The van der Waals surface area contributed by atoms with Gasteiger partial charge in [0.2, 0.25) is 0 Å². The fourth-order valence-corrected chi connectivity index (χ4v) is 2.00. The number of hydrogen-bond acceptors (Lipinski definition) is 3. The summed E-state index contributed by atoms with van der Waals surface area (Å²) in [4.78, 5) is 6.57. The normalized spacial score (nSPS) is 21.3. The van der Waals surface area contributed by atoms with Crippen LogP contribution in [0.3, 0.4) is 0 Å². The van der Waals surface area contributed by atoms with Gasteiger partial charge in [-0.25, -0.2) is 4.98 Å². The van der Waals surface area contributed by atoms with Crippen molar-refractivity contribution < 1.29 is 0 Å². The molecule has 0 unspecified atom stereocenters.